The van der Waals surface area contributed by atoms with Gasteiger partial charge in [-0.1, -0.05) is 0 Å². The largest absolute Gasteiger partial charge is 0.391 e. The predicted molar refractivity (Wildman–Crippen MR) is 68.3 cm³/mol. The first kappa shape index (κ1) is 11.3. The quantitative estimate of drug-likeness (QED) is 0.885. The fourth-order valence-corrected chi connectivity index (χ4v) is 2.77. The van der Waals surface area contributed by atoms with Gasteiger partial charge in [-0.2, -0.15) is 0 Å². The molecule has 18 heavy (non-hydrogen) atoms. The van der Waals surface area contributed by atoms with Crippen molar-refractivity contribution in [3.63, 3.8) is 0 Å². The fourth-order valence-electron chi connectivity index (χ4n) is 1.91. The van der Waals surface area contributed by atoms with Gasteiger partial charge in [-0.05, 0) is 12.1 Å². The number of amides is 1. The van der Waals surface area contributed by atoms with Gasteiger partial charge in [0.1, 0.15) is 0 Å². The van der Waals surface area contributed by atoms with Gasteiger partial charge in [0.25, 0.3) is 0 Å². The summed E-state index contributed by atoms with van der Waals surface area (Å²) in [6.45, 7) is 0.332. The van der Waals surface area contributed by atoms with Crippen molar-refractivity contribution < 1.29 is 9.90 Å². The number of anilines is 1. The Kier molecular flexibility index (Phi) is 2.81. The lowest BCUT2D eigenvalue weighted by molar-refractivity contribution is -0.117. The molecule has 0 aromatic carbocycles. The van der Waals surface area contributed by atoms with Crippen LogP contribution in [0.3, 0.4) is 0 Å². The molecule has 0 saturated carbocycles. The first-order valence-corrected chi connectivity index (χ1v) is 6.46. The molecule has 6 heteroatoms. The summed E-state index contributed by atoms with van der Waals surface area (Å²) in [5, 5.41) is 12.0. The number of pyridine rings is 1. The Morgan fingerprint density at radius 1 is 1.50 bits per heavy atom. The second-order valence-corrected chi connectivity index (χ2v) is 4.96. The molecule has 1 unspecified atom stereocenters. The molecule has 0 aliphatic carbocycles. The molecular formula is C12H11N3O2S. The summed E-state index contributed by atoms with van der Waals surface area (Å²) in [7, 11) is 0. The Balaban J connectivity index is 1.88. The molecule has 3 heterocycles. The Morgan fingerprint density at radius 2 is 2.39 bits per heavy atom. The zero-order valence-electron chi connectivity index (χ0n) is 9.48. The molecule has 92 valence electrons. The Hall–Kier alpha value is -1.79. The lowest BCUT2D eigenvalue weighted by Crippen LogP contribution is -2.24. The number of aromatic nitrogens is 2. The van der Waals surface area contributed by atoms with Crippen LogP contribution in [0.4, 0.5) is 5.13 Å². The zero-order valence-corrected chi connectivity index (χ0v) is 10.3. The molecule has 2 aromatic rings. The van der Waals surface area contributed by atoms with E-state index < -0.39 is 6.10 Å². The van der Waals surface area contributed by atoms with Crippen LogP contribution in [-0.4, -0.2) is 33.6 Å². The van der Waals surface area contributed by atoms with Crippen molar-refractivity contribution in [1.82, 2.24) is 9.97 Å². The van der Waals surface area contributed by atoms with Gasteiger partial charge in [0, 0.05) is 23.3 Å². The number of thiazole rings is 1. The smallest absolute Gasteiger partial charge is 0.231 e. The molecule has 0 radical (unpaired) electrons. The van der Waals surface area contributed by atoms with Crippen LogP contribution in [-0.2, 0) is 4.79 Å². The minimum absolute atomic E-state index is 0.0745. The molecular weight excluding hydrogens is 250 g/mol. The molecule has 0 spiro atoms. The van der Waals surface area contributed by atoms with Crippen LogP contribution >= 0.6 is 11.3 Å². The van der Waals surface area contributed by atoms with Gasteiger partial charge in [0.05, 0.1) is 24.8 Å². The number of hydrogen-bond donors (Lipinski definition) is 1. The van der Waals surface area contributed by atoms with Crippen LogP contribution < -0.4 is 4.90 Å². The van der Waals surface area contributed by atoms with Crippen molar-refractivity contribution in [3.8, 4) is 11.3 Å². The van der Waals surface area contributed by atoms with Gasteiger partial charge in [0.2, 0.25) is 5.91 Å². The maximum absolute atomic E-state index is 11.7. The van der Waals surface area contributed by atoms with Gasteiger partial charge in [-0.25, -0.2) is 4.98 Å². The minimum Gasteiger partial charge on any atom is -0.391 e. The predicted octanol–water partition coefficient (Wildman–Crippen LogP) is 1.30. The van der Waals surface area contributed by atoms with Crippen LogP contribution in [0.2, 0.25) is 0 Å². The first-order chi connectivity index (χ1) is 8.74. The average molecular weight is 261 g/mol. The summed E-state index contributed by atoms with van der Waals surface area (Å²) >= 11 is 1.40. The maximum atomic E-state index is 11.7. The van der Waals surface area contributed by atoms with E-state index in [-0.39, 0.29) is 12.3 Å². The zero-order chi connectivity index (χ0) is 12.5. The SMILES string of the molecule is O=C1CC(O)CN1c1nc(-c2cccnc2)cs1. The summed E-state index contributed by atoms with van der Waals surface area (Å²) in [6.07, 6.45) is 3.04. The van der Waals surface area contributed by atoms with Crippen LogP contribution in [0.15, 0.2) is 29.9 Å². The standard InChI is InChI=1S/C12H11N3O2S/c16-9-4-11(17)15(6-9)12-14-10(7-18-12)8-2-1-3-13-5-8/h1-3,5,7,9,16H,4,6H2. The highest BCUT2D eigenvalue weighted by Gasteiger charge is 2.30. The van der Waals surface area contributed by atoms with E-state index in [1.54, 1.807) is 12.4 Å². The van der Waals surface area contributed by atoms with Crippen molar-refractivity contribution in [3.05, 3.63) is 29.9 Å². The van der Waals surface area contributed by atoms with E-state index in [0.29, 0.717) is 11.7 Å². The van der Waals surface area contributed by atoms with E-state index >= 15 is 0 Å². The summed E-state index contributed by atoms with van der Waals surface area (Å²) in [5.41, 5.74) is 1.73. The molecule has 5 nitrogen and oxygen atoms in total. The van der Waals surface area contributed by atoms with E-state index in [9.17, 15) is 9.90 Å². The molecule has 0 bridgehead atoms. The van der Waals surface area contributed by atoms with Gasteiger partial charge in [-0.15, -0.1) is 11.3 Å². The third-order valence-corrected chi connectivity index (χ3v) is 3.65. The summed E-state index contributed by atoms with van der Waals surface area (Å²) in [6, 6.07) is 3.77. The number of carbonyl (C=O) groups excluding carboxylic acids is 1. The monoisotopic (exact) mass is 261 g/mol. The van der Waals surface area contributed by atoms with Gasteiger partial charge in [-0.3, -0.25) is 14.7 Å². The van der Waals surface area contributed by atoms with Crippen molar-refractivity contribution >= 4 is 22.4 Å². The normalized spacial score (nSPS) is 19.5. The molecule has 2 aromatic heterocycles. The highest BCUT2D eigenvalue weighted by Crippen LogP contribution is 2.29. The first-order valence-electron chi connectivity index (χ1n) is 5.58. The summed E-state index contributed by atoms with van der Waals surface area (Å²) in [5.74, 6) is -0.0745. The van der Waals surface area contributed by atoms with Crippen LogP contribution in [0.1, 0.15) is 6.42 Å². The third-order valence-electron chi connectivity index (χ3n) is 2.78. The number of aliphatic hydroxyl groups is 1. The Labute approximate surface area is 108 Å². The summed E-state index contributed by atoms with van der Waals surface area (Å²) < 4.78 is 0. The minimum atomic E-state index is -0.580. The van der Waals surface area contributed by atoms with E-state index in [2.05, 4.69) is 9.97 Å². The number of rotatable bonds is 2. The van der Waals surface area contributed by atoms with E-state index in [4.69, 9.17) is 0 Å². The molecule has 3 rings (SSSR count). The number of carbonyl (C=O) groups is 1. The molecule has 1 atom stereocenters. The fraction of sp³-hybridized carbons (Fsp3) is 0.250. The molecule has 1 aliphatic rings. The number of hydrogen-bond acceptors (Lipinski definition) is 5. The van der Waals surface area contributed by atoms with Crippen molar-refractivity contribution in [2.24, 2.45) is 0 Å². The van der Waals surface area contributed by atoms with E-state index in [1.165, 1.54) is 16.2 Å². The number of nitrogens with zero attached hydrogens (tertiary/aromatic N) is 3. The second-order valence-electron chi connectivity index (χ2n) is 4.12. The van der Waals surface area contributed by atoms with Crippen LogP contribution in [0.5, 0.6) is 0 Å². The van der Waals surface area contributed by atoms with Crippen LogP contribution in [0, 0.1) is 0 Å². The van der Waals surface area contributed by atoms with Crippen molar-refractivity contribution in [1.29, 1.82) is 0 Å². The highest BCUT2D eigenvalue weighted by atomic mass is 32.1. The van der Waals surface area contributed by atoms with Gasteiger partial charge >= 0.3 is 0 Å². The Morgan fingerprint density at radius 3 is 3.06 bits per heavy atom. The number of β-amino-alcohol motifs (C(OH)–C–C–N with tert-alkyl or cyclic N) is 1. The second kappa shape index (κ2) is 4.47. The topological polar surface area (TPSA) is 66.3 Å². The maximum Gasteiger partial charge on any atom is 0.231 e. The van der Waals surface area contributed by atoms with Gasteiger partial charge < -0.3 is 5.11 Å². The van der Waals surface area contributed by atoms with Crippen LogP contribution in [0.25, 0.3) is 11.3 Å². The van der Waals surface area contributed by atoms with Crippen molar-refractivity contribution in [2.75, 3.05) is 11.4 Å². The lowest BCUT2D eigenvalue weighted by Gasteiger charge is -2.10. The van der Waals surface area contributed by atoms with Crippen molar-refractivity contribution in [2.45, 2.75) is 12.5 Å². The molecule has 1 aliphatic heterocycles. The van der Waals surface area contributed by atoms with E-state index in [1.807, 2.05) is 17.5 Å². The average Bonchev–Trinajstić information content (AvgIpc) is 2.97. The Bertz CT molecular complexity index is 570. The summed E-state index contributed by atoms with van der Waals surface area (Å²) in [4.78, 5) is 21.6. The van der Waals surface area contributed by atoms with Gasteiger partial charge in [0.15, 0.2) is 5.13 Å². The number of aliphatic hydroxyl groups excluding tert-OH is 1. The molecule has 1 amide bonds. The third kappa shape index (κ3) is 2.00. The molecule has 1 fully saturated rings. The molecule has 1 saturated heterocycles. The molecule has 1 N–H and O–H groups in total. The highest BCUT2D eigenvalue weighted by molar-refractivity contribution is 7.14. The van der Waals surface area contributed by atoms with E-state index in [0.717, 1.165) is 11.3 Å². The lowest BCUT2D eigenvalue weighted by atomic mass is 10.2.